The van der Waals surface area contributed by atoms with Gasteiger partial charge in [-0.15, -0.1) is 0 Å². The van der Waals surface area contributed by atoms with Gasteiger partial charge in [0.1, 0.15) is 23.8 Å². The number of carbonyl (C=O) groups excluding carboxylic acids is 2. The second-order valence-electron chi connectivity index (χ2n) is 6.67. The normalized spacial score (nSPS) is 14.8. The van der Waals surface area contributed by atoms with Crippen molar-refractivity contribution in [2.45, 2.75) is 24.9 Å². The lowest BCUT2D eigenvalue weighted by atomic mass is 9.95. The molecule has 0 spiro atoms. The molecule has 1 fully saturated rings. The summed E-state index contributed by atoms with van der Waals surface area (Å²) in [5.74, 6) is -2.85. The predicted octanol–water partition coefficient (Wildman–Crippen LogP) is 3.90. The van der Waals surface area contributed by atoms with E-state index in [9.17, 15) is 18.4 Å². The molecule has 0 atom stereocenters. The highest BCUT2D eigenvalue weighted by Crippen LogP contribution is 2.51. The summed E-state index contributed by atoms with van der Waals surface area (Å²) in [5, 5.41) is 0. The third kappa shape index (κ3) is 3.99. The molecule has 7 heteroatoms. The van der Waals surface area contributed by atoms with Crippen molar-refractivity contribution in [1.29, 1.82) is 0 Å². The van der Waals surface area contributed by atoms with Crippen molar-refractivity contribution >= 4 is 17.5 Å². The number of halogens is 2. The van der Waals surface area contributed by atoms with Crippen molar-refractivity contribution in [3.63, 3.8) is 0 Å². The third-order valence-electron chi connectivity index (χ3n) is 4.89. The molecule has 2 aromatic rings. The minimum absolute atomic E-state index is 0.155. The standard InChI is InChI=1S/C22H20F2O5/c1-27-13-16(20(25)28-2)15-7-4-3-6-14(15)12-29-21(26)22(10-11-22)19-17(23)8-5-9-18(19)24/h3-9,13H,10-12H2,1-2H3. The number of esters is 2. The Morgan fingerprint density at radius 2 is 1.69 bits per heavy atom. The van der Waals surface area contributed by atoms with Gasteiger partial charge in [-0.05, 0) is 36.1 Å². The SMILES string of the molecule is COC=C(C(=O)OC)c1ccccc1COC(=O)C1(c2c(F)cccc2F)CC1. The summed E-state index contributed by atoms with van der Waals surface area (Å²) >= 11 is 0. The average molecular weight is 402 g/mol. The van der Waals surface area contributed by atoms with Crippen molar-refractivity contribution in [2.24, 2.45) is 0 Å². The number of carbonyl (C=O) groups is 2. The summed E-state index contributed by atoms with van der Waals surface area (Å²) in [6.07, 6.45) is 1.86. The zero-order chi connectivity index (χ0) is 21.0. The summed E-state index contributed by atoms with van der Waals surface area (Å²) < 4.78 is 43.5. The van der Waals surface area contributed by atoms with Crippen molar-refractivity contribution in [2.75, 3.05) is 14.2 Å². The van der Waals surface area contributed by atoms with Gasteiger partial charge >= 0.3 is 11.9 Å². The van der Waals surface area contributed by atoms with Crippen LogP contribution in [0.1, 0.15) is 29.5 Å². The lowest BCUT2D eigenvalue weighted by Crippen LogP contribution is -2.26. The van der Waals surface area contributed by atoms with Crippen LogP contribution in [0.15, 0.2) is 48.7 Å². The molecule has 0 aromatic heterocycles. The van der Waals surface area contributed by atoms with Gasteiger partial charge in [0.05, 0.1) is 25.9 Å². The van der Waals surface area contributed by atoms with E-state index >= 15 is 0 Å². The van der Waals surface area contributed by atoms with Gasteiger partial charge in [-0.1, -0.05) is 30.3 Å². The van der Waals surface area contributed by atoms with Crippen molar-refractivity contribution in [3.05, 3.63) is 77.1 Å². The minimum Gasteiger partial charge on any atom is -0.503 e. The quantitative estimate of drug-likeness (QED) is 0.399. The highest BCUT2D eigenvalue weighted by molar-refractivity contribution is 6.16. The van der Waals surface area contributed by atoms with Crippen LogP contribution in [0.5, 0.6) is 0 Å². The molecular weight excluding hydrogens is 382 g/mol. The molecule has 0 radical (unpaired) electrons. The monoisotopic (exact) mass is 402 g/mol. The molecule has 0 amide bonds. The first kappa shape index (κ1) is 20.5. The van der Waals surface area contributed by atoms with Gasteiger partial charge in [0.25, 0.3) is 0 Å². The lowest BCUT2D eigenvalue weighted by molar-refractivity contribution is -0.148. The van der Waals surface area contributed by atoms with Gasteiger partial charge in [0.15, 0.2) is 0 Å². The van der Waals surface area contributed by atoms with E-state index in [1.165, 1.54) is 26.5 Å². The van der Waals surface area contributed by atoms with Crippen LogP contribution in [0.2, 0.25) is 0 Å². The van der Waals surface area contributed by atoms with Crippen LogP contribution in [0.4, 0.5) is 8.78 Å². The maximum absolute atomic E-state index is 14.2. The van der Waals surface area contributed by atoms with Gasteiger partial charge in [-0.2, -0.15) is 0 Å². The van der Waals surface area contributed by atoms with Gasteiger partial charge < -0.3 is 14.2 Å². The molecule has 0 unspecified atom stereocenters. The summed E-state index contributed by atoms with van der Waals surface area (Å²) in [6, 6.07) is 10.3. The van der Waals surface area contributed by atoms with Crippen molar-refractivity contribution in [3.8, 4) is 0 Å². The molecule has 29 heavy (non-hydrogen) atoms. The van der Waals surface area contributed by atoms with Gasteiger partial charge in [-0.3, -0.25) is 4.79 Å². The van der Waals surface area contributed by atoms with E-state index in [4.69, 9.17) is 14.2 Å². The fraction of sp³-hybridized carbons (Fsp3) is 0.273. The van der Waals surface area contributed by atoms with Crippen LogP contribution in [0.3, 0.4) is 0 Å². The molecule has 1 saturated carbocycles. The van der Waals surface area contributed by atoms with Crippen LogP contribution < -0.4 is 0 Å². The largest absolute Gasteiger partial charge is 0.503 e. The summed E-state index contributed by atoms with van der Waals surface area (Å²) in [6.45, 7) is -0.176. The minimum atomic E-state index is -1.31. The Kier molecular flexibility index (Phi) is 5.96. The Labute approximate surface area is 166 Å². The van der Waals surface area contributed by atoms with Crippen LogP contribution in [-0.2, 0) is 35.8 Å². The molecule has 1 aliphatic rings. The number of benzene rings is 2. The first-order valence-corrected chi connectivity index (χ1v) is 8.96. The Bertz CT molecular complexity index is 943. The predicted molar refractivity (Wildman–Crippen MR) is 101 cm³/mol. The molecule has 2 aromatic carbocycles. The molecule has 1 aliphatic carbocycles. The second kappa shape index (κ2) is 8.43. The lowest BCUT2D eigenvalue weighted by Gasteiger charge is -2.17. The fourth-order valence-electron chi connectivity index (χ4n) is 3.28. The third-order valence-corrected chi connectivity index (χ3v) is 4.89. The Morgan fingerprint density at radius 1 is 1.03 bits per heavy atom. The number of methoxy groups -OCH3 is 2. The topological polar surface area (TPSA) is 61.8 Å². The maximum atomic E-state index is 14.2. The van der Waals surface area contributed by atoms with E-state index in [2.05, 4.69) is 0 Å². The Hall–Kier alpha value is -3.22. The fourth-order valence-corrected chi connectivity index (χ4v) is 3.28. The van der Waals surface area contributed by atoms with Crippen LogP contribution in [0.25, 0.3) is 5.57 Å². The highest BCUT2D eigenvalue weighted by atomic mass is 19.1. The van der Waals surface area contributed by atoms with E-state index in [1.54, 1.807) is 24.3 Å². The number of hydrogen-bond acceptors (Lipinski definition) is 5. The zero-order valence-corrected chi connectivity index (χ0v) is 16.0. The molecule has 0 N–H and O–H groups in total. The van der Waals surface area contributed by atoms with Crippen molar-refractivity contribution < 1.29 is 32.6 Å². The highest BCUT2D eigenvalue weighted by Gasteiger charge is 2.55. The number of rotatable bonds is 7. The summed E-state index contributed by atoms with van der Waals surface area (Å²) in [5.41, 5.74) is -0.413. The van der Waals surface area contributed by atoms with E-state index < -0.39 is 29.0 Å². The number of ether oxygens (including phenoxy) is 3. The van der Waals surface area contributed by atoms with E-state index in [0.29, 0.717) is 24.0 Å². The van der Waals surface area contributed by atoms with Crippen LogP contribution in [0, 0.1) is 11.6 Å². The van der Waals surface area contributed by atoms with Gasteiger partial charge in [-0.25, -0.2) is 13.6 Å². The maximum Gasteiger partial charge on any atom is 0.341 e. The zero-order valence-electron chi connectivity index (χ0n) is 16.0. The Balaban J connectivity index is 1.83. The summed E-state index contributed by atoms with van der Waals surface area (Å²) in [7, 11) is 2.64. The van der Waals surface area contributed by atoms with E-state index in [-0.39, 0.29) is 17.7 Å². The molecule has 0 saturated heterocycles. The van der Waals surface area contributed by atoms with Crippen molar-refractivity contribution in [1.82, 2.24) is 0 Å². The molecule has 0 bridgehead atoms. The van der Waals surface area contributed by atoms with Crippen LogP contribution >= 0.6 is 0 Å². The molecule has 3 rings (SSSR count). The first-order chi connectivity index (χ1) is 13.9. The van der Waals surface area contributed by atoms with E-state index in [0.717, 1.165) is 12.1 Å². The van der Waals surface area contributed by atoms with Crippen LogP contribution in [-0.4, -0.2) is 26.2 Å². The second-order valence-corrected chi connectivity index (χ2v) is 6.67. The summed E-state index contributed by atoms with van der Waals surface area (Å²) in [4.78, 5) is 24.8. The molecule has 0 aliphatic heterocycles. The Morgan fingerprint density at radius 3 is 2.28 bits per heavy atom. The first-order valence-electron chi connectivity index (χ1n) is 8.96. The number of hydrogen-bond donors (Lipinski definition) is 0. The molecular formula is C22H20F2O5. The molecule has 152 valence electrons. The average Bonchev–Trinajstić information content (AvgIpc) is 3.51. The smallest absolute Gasteiger partial charge is 0.341 e. The van der Waals surface area contributed by atoms with Gasteiger partial charge in [0.2, 0.25) is 0 Å². The van der Waals surface area contributed by atoms with E-state index in [1.807, 2.05) is 0 Å². The van der Waals surface area contributed by atoms with Gasteiger partial charge in [0, 0.05) is 5.56 Å². The molecule has 5 nitrogen and oxygen atoms in total. The molecule has 0 heterocycles.